The Morgan fingerprint density at radius 3 is 2.66 bits per heavy atom. The Morgan fingerprint density at radius 2 is 1.86 bits per heavy atom. The van der Waals surface area contributed by atoms with E-state index in [0.29, 0.717) is 24.0 Å². The van der Waals surface area contributed by atoms with Crippen LogP contribution in [0.15, 0.2) is 11.6 Å². The second kappa shape index (κ2) is 8.19. The van der Waals surface area contributed by atoms with Crippen LogP contribution in [0.1, 0.15) is 104 Å². The molecule has 0 radical (unpaired) electrons. The number of esters is 1. The van der Waals surface area contributed by atoms with Gasteiger partial charge in [-0.2, -0.15) is 0 Å². The van der Waals surface area contributed by atoms with Gasteiger partial charge in [0, 0.05) is 18.3 Å². The highest BCUT2D eigenvalue weighted by atomic mass is 16.6. The van der Waals surface area contributed by atoms with E-state index in [4.69, 9.17) is 4.74 Å². The Labute approximate surface area is 177 Å². The molecule has 0 amide bonds. The van der Waals surface area contributed by atoms with Crippen molar-refractivity contribution >= 4 is 11.8 Å². The molecule has 4 aliphatic carbocycles. The minimum absolute atomic E-state index is 0.0206. The van der Waals surface area contributed by atoms with E-state index in [-0.39, 0.29) is 17.0 Å². The fourth-order valence-corrected chi connectivity index (χ4v) is 7.57. The van der Waals surface area contributed by atoms with Gasteiger partial charge in [-0.15, -0.1) is 0 Å². The van der Waals surface area contributed by atoms with Crippen LogP contribution in [0.5, 0.6) is 0 Å². The van der Waals surface area contributed by atoms with Crippen molar-refractivity contribution in [1.82, 2.24) is 0 Å². The zero-order valence-electron chi connectivity index (χ0n) is 18.8. The average molecular weight is 401 g/mol. The van der Waals surface area contributed by atoms with Crippen molar-refractivity contribution < 1.29 is 14.3 Å². The first-order chi connectivity index (χ1) is 13.9. The zero-order chi connectivity index (χ0) is 20.6. The van der Waals surface area contributed by atoms with Crippen LogP contribution in [0, 0.1) is 29.1 Å². The third-order valence-electron chi connectivity index (χ3n) is 9.40. The molecule has 3 saturated carbocycles. The van der Waals surface area contributed by atoms with Crippen LogP contribution in [0.3, 0.4) is 0 Å². The summed E-state index contributed by atoms with van der Waals surface area (Å²) in [4.78, 5) is 24.5. The van der Waals surface area contributed by atoms with Gasteiger partial charge in [-0.25, -0.2) is 0 Å². The minimum Gasteiger partial charge on any atom is -0.459 e. The lowest BCUT2D eigenvalue weighted by Gasteiger charge is -2.55. The van der Waals surface area contributed by atoms with Crippen LogP contribution in [0.4, 0.5) is 0 Å². The predicted octanol–water partition coefficient (Wildman–Crippen LogP) is 6.40. The molecule has 0 N–H and O–H groups in total. The highest BCUT2D eigenvalue weighted by Crippen LogP contribution is 2.65. The van der Waals surface area contributed by atoms with Crippen LogP contribution < -0.4 is 0 Å². The SMILES string of the molecule is CCCCCCC(=O)O[C@@]1(C)CC[C@H]2[C@@H]3CCC4=CC(=O)CC[C@@H]4[C@H]3CC[C@@]21C. The van der Waals surface area contributed by atoms with E-state index in [1.54, 1.807) is 0 Å². The van der Waals surface area contributed by atoms with Crippen LogP contribution in [0.2, 0.25) is 0 Å². The van der Waals surface area contributed by atoms with E-state index >= 15 is 0 Å². The molecule has 29 heavy (non-hydrogen) atoms. The van der Waals surface area contributed by atoms with E-state index in [9.17, 15) is 9.59 Å². The van der Waals surface area contributed by atoms with Gasteiger partial charge in [0.25, 0.3) is 0 Å². The van der Waals surface area contributed by atoms with Gasteiger partial charge in [0.1, 0.15) is 5.60 Å². The molecule has 6 atom stereocenters. The van der Waals surface area contributed by atoms with Crippen molar-refractivity contribution in [2.24, 2.45) is 29.1 Å². The number of carbonyl (C=O) groups excluding carboxylic acids is 2. The third kappa shape index (κ3) is 3.72. The summed E-state index contributed by atoms with van der Waals surface area (Å²) < 4.78 is 6.26. The Bertz CT molecular complexity index is 679. The van der Waals surface area contributed by atoms with Crippen molar-refractivity contribution in [3.05, 3.63) is 11.6 Å². The maximum Gasteiger partial charge on any atom is 0.306 e. The Morgan fingerprint density at radius 1 is 1.03 bits per heavy atom. The summed E-state index contributed by atoms with van der Waals surface area (Å²) >= 11 is 0. The fourth-order valence-electron chi connectivity index (χ4n) is 7.57. The number of hydrogen-bond acceptors (Lipinski definition) is 3. The topological polar surface area (TPSA) is 43.4 Å². The Kier molecular flexibility index (Phi) is 5.97. The van der Waals surface area contributed by atoms with Gasteiger partial charge in [0.15, 0.2) is 5.78 Å². The standard InChI is InChI=1S/C26H40O3/c1-4-5-6-7-8-24(28)29-26(3)16-14-23-22-11-9-18-17-19(27)10-12-20(18)21(22)13-15-25(23,26)2/h17,20-23H,4-16H2,1-3H3/t20-,21+,22+,23-,25-,26-/m0/s1. The highest BCUT2D eigenvalue weighted by molar-refractivity contribution is 5.91. The van der Waals surface area contributed by atoms with E-state index in [1.807, 2.05) is 6.08 Å². The summed E-state index contributed by atoms with van der Waals surface area (Å²) in [6.07, 6.45) is 15.8. The molecule has 0 heterocycles. The summed E-state index contributed by atoms with van der Waals surface area (Å²) in [5.41, 5.74) is 1.26. The maximum atomic E-state index is 12.6. The van der Waals surface area contributed by atoms with Crippen LogP contribution in [-0.4, -0.2) is 17.4 Å². The summed E-state index contributed by atoms with van der Waals surface area (Å²) in [7, 11) is 0. The van der Waals surface area contributed by atoms with Crippen molar-refractivity contribution in [2.45, 2.75) is 110 Å². The van der Waals surface area contributed by atoms with Gasteiger partial charge < -0.3 is 4.74 Å². The number of carbonyl (C=O) groups is 2. The van der Waals surface area contributed by atoms with Gasteiger partial charge >= 0.3 is 5.97 Å². The Hall–Kier alpha value is -1.12. The Balaban J connectivity index is 1.44. The van der Waals surface area contributed by atoms with Crippen LogP contribution in [-0.2, 0) is 14.3 Å². The molecule has 4 rings (SSSR count). The number of hydrogen-bond donors (Lipinski definition) is 0. The number of rotatable bonds is 6. The molecule has 162 valence electrons. The molecule has 0 spiro atoms. The van der Waals surface area contributed by atoms with Crippen molar-refractivity contribution in [1.29, 1.82) is 0 Å². The normalized spacial score (nSPS) is 41.2. The van der Waals surface area contributed by atoms with Crippen LogP contribution in [0.25, 0.3) is 0 Å². The van der Waals surface area contributed by atoms with Crippen molar-refractivity contribution in [3.63, 3.8) is 0 Å². The zero-order valence-corrected chi connectivity index (χ0v) is 18.8. The number of unbranched alkanes of at least 4 members (excludes halogenated alkanes) is 3. The quantitative estimate of drug-likeness (QED) is 0.383. The van der Waals surface area contributed by atoms with E-state index in [1.165, 1.54) is 37.7 Å². The van der Waals surface area contributed by atoms with E-state index in [2.05, 4.69) is 20.8 Å². The lowest BCUT2D eigenvalue weighted by atomic mass is 9.51. The number of ether oxygens (including phenoxy) is 1. The maximum absolute atomic E-state index is 12.6. The van der Waals surface area contributed by atoms with E-state index < -0.39 is 0 Å². The number of fused-ring (bicyclic) bond motifs is 5. The smallest absolute Gasteiger partial charge is 0.306 e. The summed E-state index contributed by atoms with van der Waals surface area (Å²) in [6, 6.07) is 0. The van der Waals surface area contributed by atoms with Crippen molar-refractivity contribution in [2.75, 3.05) is 0 Å². The fraction of sp³-hybridized carbons (Fsp3) is 0.846. The van der Waals surface area contributed by atoms with Gasteiger partial charge in [0.05, 0.1) is 0 Å². The summed E-state index contributed by atoms with van der Waals surface area (Å²) in [6.45, 7) is 6.84. The summed E-state index contributed by atoms with van der Waals surface area (Å²) in [5, 5.41) is 0. The first-order valence-corrected chi connectivity index (χ1v) is 12.3. The molecule has 3 nitrogen and oxygen atoms in total. The molecule has 0 saturated heterocycles. The first kappa shape index (κ1) is 21.1. The monoisotopic (exact) mass is 400 g/mol. The molecule has 0 aromatic heterocycles. The molecular weight excluding hydrogens is 360 g/mol. The highest BCUT2D eigenvalue weighted by Gasteiger charge is 2.62. The minimum atomic E-state index is -0.302. The average Bonchev–Trinajstić information content (AvgIpc) is 2.95. The molecule has 0 aromatic rings. The predicted molar refractivity (Wildman–Crippen MR) is 115 cm³/mol. The molecule has 0 unspecified atom stereocenters. The lowest BCUT2D eigenvalue weighted by Crippen LogP contribution is -2.53. The van der Waals surface area contributed by atoms with Gasteiger partial charge in [0.2, 0.25) is 0 Å². The lowest BCUT2D eigenvalue weighted by molar-refractivity contribution is -0.178. The van der Waals surface area contributed by atoms with E-state index in [0.717, 1.165) is 56.8 Å². The second-order valence-corrected chi connectivity index (χ2v) is 10.8. The molecule has 0 aromatic carbocycles. The van der Waals surface area contributed by atoms with Crippen molar-refractivity contribution in [3.8, 4) is 0 Å². The molecule has 3 fully saturated rings. The molecule has 0 bridgehead atoms. The largest absolute Gasteiger partial charge is 0.459 e. The van der Waals surface area contributed by atoms with Gasteiger partial charge in [-0.1, -0.05) is 38.7 Å². The molecule has 0 aliphatic heterocycles. The van der Waals surface area contributed by atoms with Crippen LogP contribution >= 0.6 is 0 Å². The number of allylic oxidation sites excluding steroid dienone is 1. The van der Waals surface area contributed by atoms with Gasteiger partial charge in [-0.3, -0.25) is 9.59 Å². The number of ketones is 1. The van der Waals surface area contributed by atoms with Gasteiger partial charge in [-0.05, 0) is 88.0 Å². The molecule has 3 heteroatoms. The third-order valence-corrected chi connectivity index (χ3v) is 9.40. The first-order valence-electron chi connectivity index (χ1n) is 12.3. The molecular formula is C26H40O3. The second-order valence-electron chi connectivity index (χ2n) is 10.8. The molecule has 4 aliphatic rings. The summed E-state index contributed by atoms with van der Waals surface area (Å²) in [5.74, 6) is 3.16.